The zero-order valence-corrected chi connectivity index (χ0v) is 20.0. The van der Waals surface area contributed by atoms with Gasteiger partial charge in [-0.15, -0.1) is 0 Å². The molecule has 0 radical (unpaired) electrons. The molecule has 2 aromatic carbocycles. The molecule has 3 amide bonds. The quantitative estimate of drug-likeness (QED) is 0.340. The number of hydrogen-bond donors (Lipinski definition) is 4. The standard InChI is InChI=1S/C24H25ClF2N4O5/c1-31(23(34)29-11-15-3-2-4-20(27)22(15)25)18(9-19(33)12-32)13-36-24(35)30-21-8-16-7-17(26)6-5-14(16)10-28-21/h2-8,10,18-19,32-33H,9,11-13H2,1H3,(H,29,34)(H,28,30,35)/t18-,19-/m0/s1. The van der Waals surface area contributed by atoms with E-state index in [1.807, 2.05) is 0 Å². The van der Waals surface area contributed by atoms with Gasteiger partial charge >= 0.3 is 12.1 Å². The number of aliphatic hydroxyl groups is 2. The van der Waals surface area contributed by atoms with Crippen molar-refractivity contribution >= 4 is 40.3 Å². The second-order valence-corrected chi connectivity index (χ2v) is 8.37. The average Bonchev–Trinajstić information content (AvgIpc) is 2.86. The van der Waals surface area contributed by atoms with Crippen LogP contribution in [0.3, 0.4) is 0 Å². The smallest absolute Gasteiger partial charge is 0.412 e. The number of aromatic nitrogens is 1. The molecule has 192 valence electrons. The first-order chi connectivity index (χ1) is 17.2. The van der Waals surface area contributed by atoms with Crippen LogP contribution >= 0.6 is 11.6 Å². The number of carbonyl (C=O) groups excluding carboxylic acids is 2. The normalized spacial score (nSPS) is 12.6. The van der Waals surface area contributed by atoms with Gasteiger partial charge in [0.25, 0.3) is 0 Å². The van der Waals surface area contributed by atoms with Crippen molar-refractivity contribution in [3.63, 3.8) is 0 Å². The van der Waals surface area contributed by atoms with Crippen LogP contribution < -0.4 is 10.6 Å². The van der Waals surface area contributed by atoms with Crippen LogP contribution in [0.25, 0.3) is 10.8 Å². The Morgan fingerprint density at radius 3 is 2.72 bits per heavy atom. The monoisotopic (exact) mass is 522 g/mol. The molecule has 1 aromatic heterocycles. The maximum absolute atomic E-state index is 13.6. The molecule has 0 unspecified atom stereocenters. The molecule has 0 aliphatic carbocycles. The molecule has 4 N–H and O–H groups in total. The number of nitrogens with zero attached hydrogens (tertiary/aromatic N) is 2. The van der Waals surface area contributed by atoms with Gasteiger partial charge in [-0.05, 0) is 47.7 Å². The number of fused-ring (bicyclic) bond motifs is 1. The van der Waals surface area contributed by atoms with Crippen molar-refractivity contribution in [2.24, 2.45) is 0 Å². The number of rotatable bonds is 9. The van der Waals surface area contributed by atoms with Gasteiger partial charge in [0.2, 0.25) is 0 Å². The Morgan fingerprint density at radius 2 is 1.97 bits per heavy atom. The number of likely N-dealkylation sites (N-methyl/N-ethyl adjacent to an activating group) is 1. The molecule has 0 spiro atoms. The van der Waals surface area contributed by atoms with Crippen LogP contribution in [-0.4, -0.2) is 64.6 Å². The van der Waals surface area contributed by atoms with Gasteiger partial charge in [0.05, 0.1) is 23.8 Å². The lowest BCUT2D eigenvalue weighted by Gasteiger charge is -2.29. The van der Waals surface area contributed by atoms with E-state index in [-0.39, 0.29) is 30.4 Å². The lowest BCUT2D eigenvalue weighted by molar-refractivity contribution is 0.0480. The van der Waals surface area contributed by atoms with Crippen LogP contribution in [0.2, 0.25) is 5.02 Å². The highest BCUT2D eigenvalue weighted by Crippen LogP contribution is 2.20. The van der Waals surface area contributed by atoms with E-state index in [0.717, 1.165) is 0 Å². The Balaban J connectivity index is 1.60. The predicted octanol–water partition coefficient (Wildman–Crippen LogP) is 3.67. The number of anilines is 1. The second kappa shape index (κ2) is 12.4. The van der Waals surface area contributed by atoms with Crippen molar-refractivity contribution in [1.29, 1.82) is 0 Å². The SMILES string of the molecule is CN(C(=O)NCc1cccc(F)c1Cl)[C@H](COC(=O)Nc1cc2cc(F)ccc2cn1)C[C@H](O)CO. The Kier molecular flexibility index (Phi) is 9.34. The summed E-state index contributed by atoms with van der Waals surface area (Å²) < 4.78 is 32.3. The summed E-state index contributed by atoms with van der Waals surface area (Å²) in [5, 5.41) is 25.2. The van der Waals surface area contributed by atoms with E-state index >= 15 is 0 Å². The second-order valence-electron chi connectivity index (χ2n) is 7.99. The van der Waals surface area contributed by atoms with Crippen LogP contribution in [0.15, 0.2) is 48.7 Å². The Labute approximate surface area is 210 Å². The summed E-state index contributed by atoms with van der Waals surface area (Å²) in [5.74, 6) is -0.928. The fourth-order valence-corrected chi connectivity index (χ4v) is 3.56. The minimum absolute atomic E-state index is 0.0649. The van der Waals surface area contributed by atoms with Crippen molar-refractivity contribution in [1.82, 2.24) is 15.2 Å². The van der Waals surface area contributed by atoms with Crippen molar-refractivity contribution < 1.29 is 33.3 Å². The minimum atomic E-state index is -1.17. The van der Waals surface area contributed by atoms with Gasteiger partial charge < -0.3 is 25.2 Å². The fourth-order valence-electron chi connectivity index (χ4n) is 3.37. The van der Waals surface area contributed by atoms with Crippen molar-refractivity contribution in [2.45, 2.75) is 25.1 Å². The van der Waals surface area contributed by atoms with Gasteiger partial charge in [0.1, 0.15) is 24.1 Å². The number of pyridine rings is 1. The van der Waals surface area contributed by atoms with Gasteiger partial charge in [-0.1, -0.05) is 23.7 Å². The highest BCUT2D eigenvalue weighted by atomic mass is 35.5. The topological polar surface area (TPSA) is 124 Å². The largest absolute Gasteiger partial charge is 0.447 e. The summed E-state index contributed by atoms with van der Waals surface area (Å²) in [5.41, 5.74) is 0.365. The van der Waals surface area contributed by atoms with Gasteiger partial charge in [0.15, 0.2) is 0 Å². The van der Waals surface area contributed by atoms with E-state index in [4.69, 9.17) is 16.3 Å². The van der Waals surface area contributed by atoms with E-state index in [1.54, 1.807) is 12.1 Å². The zero-order chi connectivity index (χ0) is 26.2. The first-order valence-corrected chi connectivity index (χ1v) is 11.3. The number of carbonyl (C=O) groups is 2. The summed E-state index contributed by atoms with van der Waals surface area (Å²) in [6.45, 7) is -0.949. The van der Waals surface area contributed by atoms with Crippen LogP contribution in [-0.2, 0) is 11.3 Å². The van der Waals surface area contributed by atoms with Crippen LogP contribution in [0, 0.1) is 11.6 Å². The highest BCUT2D eigenvalue weighted by Gasteiger charge is 2.25. The molecule has 9 nitrogen and oxygen atoms in total. The molecule has 0 aliphatic heterocycles. The number of nitrogens with one attached hydrogen (secondary N) is 2. The predicted molar refractivity (Wildman–Crippen MR) is 130 cm³/mol. The molecular formula is C24H25ClF2N4O5. The first-order valence-electron chi connectivity index (χ1n) is 10.9. The molecule has 3 aromatic rings. The summed E-state index contributed by atoms with van der Waals surface area (Å²) in [7, 11) is 1.41. The molecule has 0 fully saturated rings. The van der Waals surface area contributed by atoms with Gasteiger partial charge in [-0.2, -0.15) is 0 Å². The Hall–Kier alpha value is -3.54. The lowest BCUT2D eigenvalue weighted by Crippen LogP contribution is -2.47. The van der Waals surface area contributed by atoms with Gasteiger partial charge in [-0.25, -0.2) is 23.4 Å². The van der Waals surface area contributed by atoms with Crippen molar-refractivity contribution in [3.05, 3.63) is 70.9 Å². The molecule has 1 heterocycles. The van der Waals surface area contributed by atoms with E-state index < -0.39 is 42.5 Å². The van der Waals surface area contributed by atoms with E-state index in [1.165, 1.54) is 48.5 Å². The Bertz CT molecular complexity index is 1230. The number of hydrogen-bond acceptors (Lipinski definition) is 6. The average molecular weight is 523 g/mol. The maximum Gasteiger partial charge on any atom is 0.412 e. The summed E-state index contributed by atoms with van der Waals surface area (Å²) in [6, 6.07) is 8.41. The molecule has 2 atom stereocenters. The third-order valence-electron chi connectivity index (χ3n) is 5.41. The number of aliphatic hydroxyl groups excluding tert-OH is 2. The third kappa shape index (κ3) is 7.23. The molecule has 0 bridgehead atoms. The van der Waals surface area contributed by atoms with E-state index in [0.29, 0.717) is 16.3 Å². The Morgan fingerprint density at radius 1 is 1.19 bits per heavy atom. The first kappa shape index (κ1) is 27.1. The highest BCUT2D eigenvalue weighted by molar-refractivity contribution is 6.31. The van der Waals surface area contributed by atoms with E-state index in [9.17, 15) is 28.6 Å². The number of ether oxygens (including phenoxy) is 1. The molecular weight excluding hydrogens is 498 g/mol. The van der Waals surface area contributed by atoms with Gasteiger partial charge in [0, 0.05) is 25.2 Å². The van der Waals surface area contributed by atoms with Gasteiger partial charge in [-0.3, -0.25) is 5.32 Å². The third-order valence-corrected chi connectivity index (χ3v) is 5.83. The van der Waals surface area contributed by atoms with Crippen molar-refractivity contribution in [3.8, 4) is 0 Å². The fraction of sp³-hybridized carbons (Fsp3) is 0.292. The summed E-state index contributed by atoms with van der Waals surface area (Å²) in [6.07, 6.45) is -0.691. The molecule has 12 heteroatoms. The molecule has 0 saturated carbocycles. The summed E-state index contributed by atoms with van der Waals surface area (Å²) >= 11 is 5.91. The maximum atomic E-state index is 13.6. The number of urea groups is 1. The van der Waals surface area contributed by atoms with Crippen LogP contribution in [0.4, 0.5) is 24.2 Å². The van der Waals surface area contributed by atoms with Crippen LogP contribution in [0.1, 0.15) is 12.0 Å². The van der Waals surface area contributed by atoms with Crippen molar-refractivity contribution in [2.75, 3.05) is 25.6 Å². The minimum Gasteiger partial charge on any atom is -0.447 e. The number of benzene rings is 2. The number of amides is 3. The zero-order valence-electron chi connectivity index (χ0n) is 19.2. The lowest BCUT2D eigenvalue weighted by atomic mass is 10.1. The molecule has 0 saturated heterocycles. The molecule has 0 aliphatic rings. The van der Waals surface area contributed by atoms with Crippen LogP contribution in [0.5, 0.6) is 0 Å². The number of halogens is 3. The van der Waals surface area contributed by atoms with E-state index in [2.05, 4.69) is 15.6 Å². The summed E-state index contributed by atoms with van der Waals surface area (Å²) in [4.78, 5) is 30.2. The molecule has 36 heavy (non-hydrogen) atoms. The molecule has 3 rings (SSSR count).